The molecule has 0 spiro atoms. The van der Waals surface area contributed by atoms with Gasteiger partial charge in [0.25, 0.3) is 0 Å². The predicted octanol–water partition coefficient (Wildman–Crippen LogP) is 2.32. The molecule has 8 nitrogen and oxygen atoms in total. The molecule has 0 N–H and O–H groups in total. The predicted molar refractivity (Wildman–Crippen MR) is 108 cm³/mol. The Kier molecular flexibility index (Phi) is 3.96. The number of nitrogens with zero attached hydrogens (tertiary/aromatic N) is 7. The SMILES string of the molecule is COc1ncnc2ccc(N3CCN(c4nccn5nc(C)cc45)CC3)cc12. The quantitative estimate of drug-likeness (QED) is 0.544. The first-order chi connectivity index (χ1) is 13.7. The topological polar surface area (TPSA) is 71.7 Å². The van der Waals surface area contributed by atoms with Gasteiger partial charge in [0.15, 0.2) is 5.82 Å². The van der Waals surface area contributed by atoms with E-state index in [0.717, 1.165) is 59.8 Å². The Morgan fingerprint density at radius 2 is 1.79 bits per heavy atom. The highest BCUT2D eigenvalue weighted by Gasteiger charge is 2.21. The van der Waals surface area contributed by atoms with Crippen LogP contribution in [0, 0.1) is 6.92 Å². The number of ether oxygens (including phenoxy) is 1. The Morgan fingerprint density at radius 3 is 2.61 bits per heavy atom. The summed E-state index contributed by atoms with van der Waals surface area (Å²) in [5, 5.41) is 5.43. The van der Waals surface area contributed by atoms with Crippen molar-refractivity contribution in [3.05, 3.63) is 48.7 Å². The number of piperazine rings is 1. The second-order valence-corrected chi connectivity index (χ2v) is 6.92. The zero-order chi connectivity index (χ0) is 19.1. The van der Waals surface area contributed by atoms with Crippen LogP contribution in [-0.2, 0) is 0 Å². The Bertz CT molecular complexity index is 1150. The van der Waals surface area contributed by atoms with E-state index in [-0.39, 0.29) is 0 Å². The fourth-order valence-electron chi connectivity index (χ4n) is 3.83. The van der Waals surface area contributed by atoms with Gasteiger partial charge in [-0.25, -0.2) is 19.5 Å². The number of aromatic nitrogens is 5. The molecule has 1 fully saturated rings. The Balaban J connectivity index is 1.39. The third-order valence-corrected chi connectivity index (χ3v) is 5.21. The molecule has 8 heteroatoms. The van der Waals surface area contributed by atoms with Crippen LogP contribution in [0.15, 0.2) is 43.0 Å². The molecule has 4 heterocycles. The van der Waals surface area contributed by atoms with E-state index < -0.39 is 0 Å². The van der Waals surface area contributed by atoms with Crippen molar-refractivity contribution < 1.29 is 4.74 Å². The molecule has 0 saturated carbocycles. The summed E-state index contributed by atoms with van der Waals surface area (Å²) in [4.78, 5) is 17.9. The van der Waals surface area contributed by atoms with Crippen molar-refractivity contribution in [1.82, 2.24) is 24.6 Å². The first-order valence-corrected chi connectivity index (χ1v) is 9.32. The number of methoxy groups -OCH3 is 1. The van der Waals surface area contributed by atoms with Gasteiger partial charge in [0, 0.05) is 44.3 Å². The minimum atomic E-state index is 0.609. The van der Waals surface area contributed by atoms with Crippen molar-refractivity contribution in [2.45, 2.75) is 6.92 Å². The van der Waals surface area contributed by atoms with Crippen molar-refractivity contribution in [1.29, 1.82) is 0 Å². The van der Waals surface area contributed by atoms with E-state index in [4.69, 9.17) is 4.74 Å². The molecule has 0 unspecified atom stereocenters. The minimum absolute atomic E-state index is 0.609. The number of benzene rings is 1. The molecule has 4 aromatic rings. The third kappa shape index (κ3) is 2.77. The molecule has 1 aromatic carbocycles. The lowest BCUT2D eigenvalue weighted by Gasteiger charge is -2.37. The number of aryl methyl sites for hydroxylation is 1. The van der Waals surface area contributed by atoms with Crippen LogP contribution in [0.1, 0.15) is 5.69 Å². The molecule has 5 rings (SSSR count). The molecule has 0 radical (unpaired) electrons. The lowest BCUT2D eigenvalue weighted by Crippen LogP contribution is -2.47. The van der Waals surface area contributed by atoms with E-state index in [1.165, 1.54) is 6.33 Å². The first-order valence-electron chi connectivity index (χ1n) is 9.32. The molecule has 0 aliphatic carbocycles. The smallest absolute Gasteiger partial charge is 0.224 e. The molecule has 1 aliphatic heterocycles. The average Bonchev–Trinajstić information content (AvgIpc) is 3.13. The number of fused-ring (bicyclic) bond motifs is 2. The minimum Gasteiger partial charge on any atom is -0.480 e. The summed E-state index contributed by atoms with van der Waals surface area (Å²) in [7, 11) is 1.64. The zero-order valence-electron chi connectivity index (χ0n) is 15.9. The van der Waals surface area contributed by atoms with Crippen molar-refractivity contribution in [3.8, 4) is 5.88 Å². The van der Waals surface area contributed by atoms with Crippen molar-refractivity contribution in [2.24, 2.45) is 0 Å². The Hall–Kier alpha value is -3.42. The van der Waals surface area contributed by atoms with Crippen LogP contribution in [0.5, 0.6) is 5.88 Å². The molecule has 3 aromatic heterocycles. The number of hydrogen-bond donors (Lipinski definition) is 0. The summed E-state index contributed by atoms with van der Waals surface area (Å²) in [6.07, 6.45) is 5.24. The second-order valence-electron chi connectivity index (χ2n) is 6.92. The maximum Gasteiger partial charge on any atom is 0.224 e. The van der Waals surface area contributed by atoms with E-state index >= 15 is 0 Å². The largest absolute Gasteiger partial charge is 0.480 e. The summed E-state index contributed by atoms with van der Waals surface area (Å²) >= 11 is 0. The van der Waals surface area contributed by atoms with E-state index in [0.29, 0.717) is 5.88 Å². The summed E-state index contributed by atoms with van der Waals surface area (Å²) < 4.78 is 7.30. The normalized spacial score (nSPS) is 14.8. The highest BCUT2D eigenvalue weighted by atomic mass is 16.5. The lowest BCUT2D eigenvalue weighted by molar-refractivity contribution is 0.402. The number of rotatable bonds is 3. The van der Waals surface area contributed by atoms with E-state index in [1.54, 1.807) is 7.11 Å². The summed E-state index contributed by atoms with van der Waals surface area (Å²) in [5.41, 5.74) is 4.11. The van der Waals surface area contributed by atoms with E-state index in [1.807, 2.05) is 29.9 Å². The van der Waals surface area contributed by atoms with E-state index in [2.05, 4.69) is 48.0 Å². The monoisotopic (exact) mass is 375 g/mol. The van der Waals surface area contributed by atoms with Crippen LogP contribution in [0.4, 0.5) is 11.5 Å². The van der Waals surface area contributed by atoms with Gasteiger partial charge in [0.05, 0.1) is 23.7 Å². The first kappa shape index (κ1) is 16.7. The molecule has 28 heavy (non-hydrogen) atoms. The highest BCUT2D eigenvalue weighted by molar-refractivity contribution is 5.86. The van der Waals surface area contributed by atoms with Gasteiger partial charge in [-0.15, -0.1) is 0 Å². The second kappa shape index (κ2) is 6.63. The molecule has 1 saturated heterocycles. The van der Waals surface area contributed by atoms with Crippen LogP contribution >= 0.6 is 0 Å². The lowest BCUT2D eigenvalue weighted by atomic mass is 10.2. The fraction of sp³-hybridized carbons (Fsp3) is 0.300. The van der Waals surface area contributed by atoms with Gasteiger partial charge < -0.3 is 14.5 Å². The molecule has 142 valence electrons. The van der Waals surface area contributed by atoms with Crippen LogP contribution < -0.4 is 14.5 Å². The molecule has 1 aliphatic rings. The maximum atomic E-state index is 5.39. The van der Waals surface area contributed by atoms with Gasteiger partial charge in [-0.3, -0.25) is 0 Å². The van der Waals surface area contributed by atoms with Gasteiger partial charge in [0.2, 0.25) is 5.88 Å². The molecule has 0 amide bonds. The van der Waals surface area contributed by atoms with Crippen LogP contribution in [0.2, 0.25) is 0 Å². The van der Waals surface area contributed by atoms with E-state index in [9.17, 15) is 0 Å². The summed E-state index contributed by atoms with van der Waals surface area (Å²) in [6.45, 7) is 5.63. The third-order valence-electron chi connectivity index (χ3n) is 5.21. The van der Waals surface area contributed by atoms with Crippen LogP contribution in [0.3, 0.4) is 0 Å². The standard InChI is InChI=1S/C20H21N7O/c1-14-11-18-19(21-5-6-27(18)24-14)26-9-7-25(8-10-26)15-3-4-17-16(12-15)20(28-2)23-13-22-17/h3-6,11-13H,7-10H2,1-2H3. The molecule has 0 bridgehead atoms. The molecular formula is C20H21N7O. The number of hydrogen-bond acceptors (Lipinski definition) is 7. The van der Waals surface area contributed by atoms with Gasteiger partial charge in [-0.1, -0.05) is 0 Å². The highest BCUT2D eigenvalue weighted by Crippen LogP contribution is 2.28. The van der Waals surface area contributed by atoms with Gasteiger partial charge >= 0.3 is 0 Å². The van der Waals surface area contributed by atoms with Gasteiger partial charge in [-0.2, -0.15) is 5.10 Å². The van der Waals surface area contributed by atoms with Gasteiger partial charge in [-0.05, 0) is 31.2 Å². The Morgan fingerprint density at radius 1 is 0.964 bits per heavy atom. The molecule has 0 atom stereocenters. The molecular weight excluding hydrogens is 354 g/mol. The van der Waals surface area contributed by atoms with Crippen molar-refractivity contribution in [2.75, 3.05) is 43.1 Å². The fourth-order valence-corrected chi connectivity index (χ4v) is 3.83. The van der Waals surface area contributed by atoms with Crippen LogP contribution in [-0.4, -0.2) is 57.9 Å². The van der Waals surface area contributed by atoms with Gasteiger partial charge in [0.1, 0.15) is 11.8 Å². The average molecular weight is 375 g/mol. The van der Waals surface area contributed by atoms with Crippen molar-refractivity contribution in [3.63, 3.8) is 0 Å². The van der Waals surface area contributed by atoms with Crippen molar-refractivity contribution >= 4 is 27.9 Å². The Labute approximate surface area is 162 Å². The summed E-state index contributed by atoms with van der Waals surface area (Å²) in [6, 6.07) is 8.34. The van der Waals surface area contributed by atoms with Crippen LogP contribution in [0.25, 0.3) is 16.4 Å². The summed E-state index contributed by atoms with van der Waals surface area (Å²) in [5.74, 6) is 1.61. The number of anilines is 2. The maximum absolute atomic E-state index is 5.39. The zero-order valence-corrected chi connectivity index (χ0v) is 15.9.